The van der Waals surface area contributed by atoms with Gasteiger partial charge in [0.1, 0.15) is 17.1 Å². The molecule has 0 amide bonds. The molecule has 0 saturated carbocycles. The molecule has 0 aliphatic carbocycles. The smallest absolute Gasteiger partial charge is 0.342 e. The highest BCUT2D eigenvalue weighted by molar-refractivity contribution is 6.33. The number of halogens is 1. The summed E-state index contributed by atoms with van der Waals surface area (Å²) < 4.78 is 5.46. The van der Waals surface area contributed by atoms with Gasteiger partial charge in [0.15, 0.2) is 5.78 Å². The zero-order valence-corrected chi connectivity index (χ0v) is 15.8. The number of allylic oxidation sites excluding steroid dienone is 4. The molecule has 1 aliphatic rings. The average Bonchev–Trinajstić information content (AvgIpc) is 2.54. The first-order valence-corrected chi connectivity index (χ1v) is 8.90. The van der Waals surface area contributed by atoms with Gasteiger partial charge in [0.2, 0.25) is 0 Å². The standard InChI is InChI=1S/C20H23ClO5/c1-11-6-4-5-7-14(22)9-15-18(16(23)10-17(24)19(15)21)20(25)26-13(3)8-12(11)2/h4-7,10-13,23-24H,8-9H2,1-3H3/b6-4-,7-5+. The van der Waals surface area contributed by atoms with Crippen LogP contribution in [0, 0.1) is 11.8 Å². The molecule has 3 unspecified atom stereocenters. The summed E-state index contributed by atoms with van der Waals surface area (Å²) in [5.74, 6) is -1.46. The van der Waals surface area contributed by atoms with Crippen LogP contribution in [0.2, 0.25) is 5.02 Å². The SMILES string of the molecule is CC1CC(C)C(C)/C=C\C=C\C(=O)Cc2c(Cl)c(O)cc(O)c2C(=O)O1. The van der Waals surface area contributed by atoms with Gasteiger partial charge in [-0.05, 0) is 31.3 Å². The summed E-state index contributed by atoms with van der Waals surface area (Å²) in [6, 6.07) is 0.976. The van der Waals surface area contributed by atoms with Gasteiger partial charge < -0.3 is 14.9 Å². The molecule has 1 aromatic rings. The molecule has 6 heteroatoms. The summed E-state index contributed by atoms with van der Waals surface area (Å²) >= 11 is 6.08. The van der Waals surface area contributed by atoms with Crippen molar-refractivity contribution in [3.05, 3.63) is 46.5 Å². The van der Waals surface area contributed by atoms with E-state index in [0.29, 0.717) is 6.42 Å². The van der Waals surface area contributed by atoms with Crippen molar-refractivity contribution in [1.82, 2.24) is 0 Å². The fourth-order valence-corrected chi connectivity index (χ4v) is 3.15. The fourth-order valence-electron chi connectivity index (χ4n) is 2.93. The number of cyclic esters (lactones) is 1. The van der Waals surface area contributed by atoms with E-state index in [1.54, 1.807) is 13.0 Å². The Balaban J connectivity index is 2.51. The van der Waals surface area contributed by atoms with E-state index in [2.05, 4.69) is 13.8 Å². The Morgan fingerprint density at radius 1 is 1.12 bits per heavy atom. The van der Waals surface area contributed by atoms with Gasteiger partial charge in [0.05, 0.1) is 11.1 Å². The molecule has 3 atom stereocenters. The number of esters is 1. The second kappa shape index (κ2) is 8.41. The third kappa shape index (κ3) is 4.67. The highest BCUT2D eigenvalue weighted by atomic mass is 35.5. The second-order valence-electron chi connectivity index (χ2n) is 6.76. The minimum absolute atomic E-state index is 0.0541. The van der Waals surface area contributed by atoms with Gasteiger partial charge >= 0.3 is 5.97 Å². The lowest BCUT2D eigenvalue weighted by Gasteiger charge is -2.22. The first kappa shape index (κ1) is 20.0. The Kier molecular flexibility index (Phi) is 6.48. The third-order valence-electron chi connectivity index (χ3n) is 4.59. The highest BCUT2D eigenvalue weighted by Crippen LogP contribution is 2.37. The quantitative estimate of drug-likeness (QED) is 0.661. The minimum atomic E-state index is -0.767. The lowest BCUT2D eigenvalue weighted by atomic mass is 9.90. The van der Waals surface area contributed by atoms with Crippen molar-refractivity contribution in [2.75, 3.05) is 0 Å². The lowest BCUT2D eigenvalue weighted by Crippen LogP contribution is -2.21. The molecule has 0 bridgehead atoms. The number of ether oxygens (including phenoxy) is 1. The maximum atomic E-state index is 12.6. The number of ketones is 1. The number of phenols is 2. The van der Waals surface area contributed by atoms with Gasteiger partial charge in [0.25, 0.3) is 0 Å². The number of benzene rings is 1. The number of rotatable bonds is 0. The van der Waals surface area contributed by atoms with Crippen molar-refractivity contribution < 1.29 is 24.5 Å². The van der Waals surface area contributed by atoms with E-state index in [0.717, 1.165) is 6.07 Å². The zero-order valence-electron chi connectivity index (χ0n) is 15.0. The predicted octanol–water partition coefficient (Wildman–Crippen LogP) is 4.20. The first-order chi connectivity index (χ1) is 12.2. The maximum Gasteiger partial charge on any atom is 0.342 e. The molecule has 0 aromatic heterocycles. The number of hydrogen-bond acceptors (Lipinski definition) is 5. The summed E-state index contributed by atoms with van der Waals surface area (Å²) in [4.78, 5) is 24.8. The molecule has 0 spiro atoms. The van der Waals surface area contributed by atoms with E-state index >= 15 is 0 Å². The molecule has 2 rings (SSSR count). The van der Waals surface area contributed by atoms with E-state index in [4.69, 9.17) is 16.3 Å². The van der Waals surface area contributed by atoms with Crippen LogP contribution >= 0.6 is 11.6 Å². The van der Waals surface area contributed by atoms with Gasteiger partial charge in [-0.1, -0.05) is 43.7 Å². The highest BCUT2D eigenvalue weighted by Gasteiger charge is 2.26. The number of hydrogen-bond donors (Lipinski definition) is 2. The van der Waals surface area contributed by atoms with Gasteiger partial charge in [-0.3, -0.25) is 4.79 Å². The monoisotopic (exact) mass is 378 g/mol. The van der Waals surface area contributed by atoms with Gasteiger partial charge in [0, 0.05) is 18.1 Å². The Morgan fingerprint density at radius 3 is 2.50 bits per heavy atom. The molecular weight excluding hydrogens is 356 g/mol. The molecule has 26 heavy (non-hydrogen) atoms. The van der Waals surface area contributed by atoms with Gasteiger partial charge in [-0.2, -0.15) is 0 Å². The van der Waals surface area contributed by atoms with Crippen LogP contribution in [-0.2, 0) is 16.0 Å². The van der Waals surface area contributed by atoms with E-state index in [9.17, 15) is 19.8 Å². The zero-order chi connectivity index (χ0) is 19.4. The number of fused-ring (bicyclic) bond motifs is 1. The summed E-state index contributed by atoms with van der Waals surface area (Å²) in [7, 11) is 0. The van der Waals surface area contributed by atoms with Crippen LogP contribution < -0.4 is 0 Å². The van der Waals surface area contributed by atoms with Crippen LogP contribution in [0.15, 0.2) is 30.4 Å². The van der Waals surface area contributed by atoms with Crippen LogP contribution in [0.3, 0.4) is 0 Å². The third-order valence-corrected chi connectivity index (χ3v) is 5.02. The molecule has 1 aliphatic heterocycles. The van der Waals surface area contributed by atoms with Crippen molar-refractivity contribution in [3.63, 3.8) is 0 Å². The summed E-state index contributed by atoms with van der Waals surface area (Å²) in [5.41, 5.74) is -0.131. The molecule has 0 radical (unpaired) electrons. The van der Waals surface area contributed by atoms with Crippen LogP contribution in [-0.4, -0.2) is 28.1 Å². The van der Waals surface area contributed by atoms with E-state index < -0.39 is 17.5 Å². The summed E-state index contributed by atoms with van der Waals surface area (Å²) in [6.45, 7) is 5.89. The van der Waals surface area contributed by atoms with Crippen LogP contribution in [0.5, 0.6) is 11.5 Å². The Labute approximate surface area is 157 Å². The number of carbonyl (C=O) groups excluding carboxylic acids is 2. The Morgan fingerprint density at radius 2 is 1.81 bits per heavy atom. The second-order valence-corrected chi connectivity index (χ2v) is 7.14. The molecule has 2 N–H and O–H groups in total. The molecule has 0 fully saturated rings. The van der Waals surface area contributed by atoms with Gasteiger partial charge in [-0.15, -0.1) is 0 Å². The molecular formula is C20H23ClO5. The van der Waals surface area contributed by atoms with Crippen LogP contribution in [0.4, 0.5) is 0 Å². The fraction of sp³-hybridized carbons (Fsp3) is 0.400. The van der Waals surface area contributed by atoms with Crippen molar-refractivity contribution in [2.45, 2.75) is 39.7 Å². The summed E-state index contributed by atoms with van der Waals surface area (Å²) in [5, 5.41) is 19.8. The predicted molar refractivity (Wildman–Crippen MR) is 99.6 cm³/mol. The Bertz CT molecular complexity index is 766. The normalized spacial score (nSPS) is 27.2. The van der Waals surface area contributed by atoms with Crippen molar-refractivity contribution in [3.8, 4) is 11.5 Å². The van der Waals surface area contributed by atoms with Crippen LogP contribution in [0.1, 0.15) is 43.1 Å². The molecule has 1 heterocycles. The van der Waals surface area contributed by atoms with Crippen molar-refractivity contribution in [2.24, 2.45) is 11.8 Å². The molecule has 1 aromatic carbocycles. The average molecular weight is 379 g/mol. The van der Waals surface area contributed by atoms with E-state index in [1.165, 1.54) is 6.08 Å². The maximum absolute atomic E-state index is 12.6. The largest absolute Gasteiger partial charge is 0.507 e. The van der Waals surface area contributed by atoms with Crippen molar-refractivity contribution >= 4 is 23.4 Å². The lowest BCUT2D eigenvalue weighted by molar-refractivity contribution is -0.114. The van der Waals surface area contributed by atoms with Gasteiger partial charge in [-0.25, -0.2) is 4.79 Å². The number of phenolic OH excluding ortho intramolecular Hbond substituents is 2. The number of carbonyl (C=O) groups is 2. The first-order valence-electron chi connectivity index (χ1n) is 8.52. The number of aromatic hydroxyl groups is 2. The molecule has 5 nitrogen and oxygen atoms in total. The molecule has 140 valence electrons. The topological polar surface area (TPSA) is 83.8 Å². The van der Waals surface area contributed by atoms with E-state index in [-0.39, 0.29) is 46.3 Å². The summed E-state index contributed by atoms with van der Waals surface area (Å²) in [6.07, 6.45) is 6.82. The minimum Gasteiger partial charge on any atom is -0.507 e. The van der Waals surface area contributed by atoms with Crippen molar-refractivity contribution in [1.29, 1.82) is 0 Å². The molecule has 0 saturated heterocycles. The Hall–Kier alpha value is -2.27. The van der Waals surface area contributed by atoms with Crippen LogP contribution in [0.25, 0.3) is 0 Å². The van der Waals surface area contributed by atoms with E-state index in [1.807, 2.05) is 12.2 Å².